The lowest BCUT2D eigenvalue weighted by Crippen LogP contribution is -2.13. The van der Waals surface area contributed by atoms with E-state index < -0.39 is 10.0 Å². The Balaban J connectivity index is 1.97. The predicted octanol–water partition coefficient (Wildman–Crippen LogP) is 3.04. The number of rotatable bonds is 4. The highest BCUT2D eigenvalue weighted by Gasteiger charge is 2.18. The minimum atomic E-state index is -3.74. The lowest BCUT2D eigenvalue weighted by Gasteiger charge is -2.10. The molecule has 3 aromatic rings. The van der Waals surface area contributed by atoms with Gasteiger partial charge in [-0.3, -0.25) is 4.72 Å². The number of hydrogen-bond donors (Lipinski definition) is 1. The Labute approximate surface area is 121 Å². The van der Waals surface area contributed by atoms with Crippen LogP contribution in [0.5, 0.6) is 0 Å². The maximum atomic E-state index is 12.2. The molecule has 0 spiro atoms. The number of hydrogen-bond acceptors (Lipinski definition) is 5. The highest BCUT2D eigenvalue weighted by atomic mass is 32.2. The van der Waals surface area contributed by atoms with E-state index in [1.165, 1.54) is 24.8 Å². The second kappa shape index (κ2) is 5.10. The van der Waals surface area contributed by atoms with Crippen LogP contribution in [0.1, 0.15) is 5.56 Å². The lowest BCUT2D eigenvalue weighted by molar-refractivity contribution is 0.452. The molecule has 0 atom stereocenters. The van der Waals surface area contributed by atoms with Crippen molar-refractivity contribution in [3.8, 4) is 11.3 Å². The van der Waals surface area contributed by atoms with Crippen molar-refractivity contribution >= 4 is 15.7 Å². The summed E-state index contributed by atoms with van der Waals surface area (Å²) in [5, 5.41) is -0.132. The minimum Gasteiger partial charge on any atom is -0.451 e. The second-order valence-electron chi connectivity index (χ2n) is 4.43. The van der Waals surface area contributed by atoms with Crippen LogP contribution in [0.4, 0.5) is 5.69 Å². The summed E-state index contributed by atoms with van der Waals surface area (Å²) in [6.45, 7) is 1.81. The van der Waals surface area contributed by atoms with Crippen LogP contribution in [-0.4, -0.2) is 13.4 Å². The molecule has 2 heterocycles. The van der Waals surface area contributed by atoms with Crippen LogP contribution in [0.25, 0.3) is 11.3 Å². The molecule has 0 aliphatic rings. The van der Waals surface area contributed by atoms with Gasteiger partial charge in [-0.05, 0) is 30.7 Å². The van der Waals surface area contributed by atoms with Gasteiger partial charge in [0.1, 0.15) is 0 Å². The van der Waals surface area contributed by atoms with Crippen LogP contribution in [0.2, 0.25) is 0 Å². The highest BCUT2D eigenvalue weighted by molar-refractivity contribution is 7.92. The molecule has 21 heavy (non-hydrogen) atoms. The van der Waals surface area contributed by atoms with Gasteiger partial charge in [0.2, 0.25) is 5.09 Å². The van der Waals surface area contributed by atoms with E-state index in [0.29, 0.717) is 11.4 Å². The monoisotopic (exact) mass is 304 g/mol. The molecule has 0 radical (unpaired) electrons. The highest BCUT2D eigenvalue weighted by Crippen LogP contribution is 2.27. The molecule has 6 nitrogen and oxygen atoms in total. The third-order valence-corrected chi connectivity index (χ3v) is 4.21. The van der Waals surface area contributed by atoms with E-state index in [0.717, 1.165) is 11.1 Å². The van der Waals surface area contributed by atoms with Crippen LogP contribution in [-0.2, 0) is 10.0 Å². The number of oxazole rings is 1. The van der Waals surface area contributed by atoms with E-state index in [1.54, 1.807) is 18.3 Å². The van der Waals surface area contributed by atoms with Gasteiger partial charge < -0.3 is 8.83 Å². The van der Waals surface area contributed by atoms with E-state index >= 15 is 0 Å². The average Bonchev–Trinajstić information content (AvgIpc) is 3.14. The molecular weight excluding hydrogens is 292 g/mol. The van der Waals surface area contributed by atoms with Crippen molar-refractivity contribution < 1.29 is 17.3 Å². The van der Waals surface area contributed by atoms with E-state index in [2.05, 4.69) is 9.71 Å². The van der Waals surface area contributed by atoms with Crippen molar-refractivity contribution in [2.45, 2.75) is 12.0 Å². The Morgan fingerprint density at radius 2 is 2.05 bits per heavy atom. The van der Waals surface area contributed by atoms with Crippen molar-refractivity contribution in [1.29, 1.82) is 0 Å². The quantitative estimate of drug-likeness (QED) is 0.800. The van der Waals surface area contributed by atoms with Crippen molar-refractivity contribution in [3.05, 3.63) is 54.7 Å². The summed E-state index contributed by atoms with van der Waals surface area (Å²) in [4.78, 5) is 3.85. The fraction of sp³-hybridized carbons (Fsp3) is 0.0714. The predicted molar refractivity (Wildman–Crippen MR) is 76.2 cm³/mol. The van der Waals surface area contributed by atoms with Crippen LogP contribution < -0.4 is 4.72 Å². The summed E-state index contributed by atoms with van der Waals surface area (Å²) in [5.74, 6) is 0.563. The summed E-state index contributed by atoms with van der Waals surface area (Å²) < 4.78 is 37.0. The molecule has 108 valence electrons. The number of anilines is 1. The molecule has 0 amide bonds. The Hall–Kier alpha value is -2.54. The van der Waals surface area contributed by atoms with Crippen LogP contribution in [0.15, 0.2) is 63.1 Å². The Morgan fingerprint density at radius 3 is 2.71 bits per heavy atom. The minimum absolute atomic E-state index is 0.132. The third kappa shape index (κ3) is 2.68. The fourth-order valence-electron chi connectivity index (χ4n) is 1.86. The molecular formula is C14H12N2O4S. The zero-order chi connectivity index (χ0) is 14.9. The number of benzene rings is 1. The Morgan fingerprint density at radius 1 is 1.19 bits per heavy atom. The third-order valence-electron chi connectivity index (χ3n) is 2.96. The number of sulfonamides is 1. The van der Waals surface area contributed by atoms with Crippen molar-refractivity contribution in [3.63, 3.8) is 0 Å². The maximum absolute atomic E-state index is 12.2. The van der Waals surface area contributed by atoms with E-state index in [-0.39, 0.29) is 5.09 Å². The Bertz CT molecular complexity index is 837. The first-order valence-corrected chi connectivity index (χ1v) is 7.60. The van der Waals surface area contributed by atoms with Gasteiger partial charge in [-0.15, -0.1) is 0 Å². The normalized spacial score (nSPS) is 11.5. The largest absolute Gasteiger partial charge is 0.451 e. The van der Waals surface area contributed by atoms with Gasteiger partial charge >= 0.3 is 0 Å². The first-order chi connectivity index (χ1) is 10.1. The molecule has 1 N–H and O–H groups in total. The van der Waals surface area contributed by atoms with Crippen molar-refractivity contribution in [2.24, 2.45) is 0 Å². The molecule has 0 fully saturated rings. The molecule has 7 heteroatoms. The summed E-state index contributed by atoms with van der Waals surface area (Å²) >= 11 is 0. The van der Waals surface area contributed by atoms with Gasteiger partial charge in [-0.25, -0.2) is 4.98 Å². The van der Waals surface area contributed by atoms with E-state index in [1.807, 2.05) is 13.0 Å². The van der Waals surface area contributed by atoms with Gasteiger partial charge in [0.05, 0.1) is 18.1 Å². The first-order valence-electron chi connectivity index (χ1n) is 6.12. The number of nitrogens with one attached hydrogen (secondary N) is 1. The molecule has 2 aromatic heterocycles. The average molecular weight is 304 g/mol. The van der Waals surface area contributed by atoms with Gasteiger partial charge in [-0.1, -0.05) is 12.1 Å². The molecule has 0 saturated heterocycles. The standard InChI is InChI=1S/C14H12N2O4S/c1-10-4-5-11(13-8-15-9-20-13)7-12(10)16-21(17,18)14-3-2-6-19-14/h2-9,16H,1H3. The summed E-state index contributed by atoms with van der Waals surface area (Å²) in [7, 11) is -3.74. The summed E-state index contributed by atoms with van der Waals surface area (Å²) in [6, 6.07) is 8.24. The number of aryl methyl sites for hydroxylation is 1. The first kappa shape index (κ1) is 13.4. The second-order valence-corrected chi connectivity index (χ2v) is 6.05. The molecule has 3 rings (SSSR count). The smallest absolute Gasteiger partial charge is 0.295 e. The number of aromatic nitrogens is 1. The lowest BCUT2D eigenvalue weighted by atomic mass is 10.1. The van der Waals surface area contributed by atoms with E-state index in [4.69, 9.17) is 8.83 Å². The molecule has 1 aromatic carbocycles. The van der Waals surface area contributed by atoms with Gasteiger partial charge in [0.15, 0.2) is 12.2 Å². The zero-order valence-electron chi connectivity index (χ0n) is 11.1. The molecule has 0 unspecified atom stereocenters. The van der Waals surface area contributed by atoms with Gasteiger partial charge in [-0.2, -0.15) is 8.42 Å². The molecule has 0 saturated carbocycles. The summed E-state index contributed by atoms with van der Waals surface area (Å²) in [5.41, 5.74) is 1.98. The molecule has 0 aliphatic carbocycles. The molecule has 0 bridgehead atoms. The maximum Gasteiger partial charge on any atom is 0.295 e. The number of nitrogens with zero attached hydrogens (tertiary/aromatic N) is 1. The van der Waals surface area contributed by atoms with Crippen LogP contribution in [0.3, 0.4) is 0 Å². The van der Waals surface area contributed by atoms with Crippen molar-refractivity contribution in [1.82, 2.24) is 4.98 Å². The Kier molecular flexibility index (Phi) is 3.26. The van der Waals surface area contributed by atoms with Crippen LogP contribution >= 0.6 is 0 Å². The van der Waals surface area contributed by atoms with Gasteiger partial charge in [0.25, 0.3) is 10.0 Å². The molecule has 0 aliphatic heterocycles. The fourth-order valence-corrected chi connectivity index (χ4v) is 2.90. The van der Waals surface area contributed by atoms with Gasteiger partial charge in [0, 0.05) is 5.56 Å². The number of furan rings is 1. The zero-order valence-corrected chi connectivity index (χ0v) is 11.9. The van der Waals surface area contributed by atoms with E-state index in [9.17, 15) is 8.42 Å². The van der Waals surface area contributed by atoms with Crippen LogP contribution in [0, 0.1) is 6.92 Å². The SMILES string of the molecule is Cc1ccc(-c2cnco2)cc1NS(=O)(=O)c1ccco1. The topological polar surface area (TPSA) is 85.3 Å². The summed E-state index contributed by atoms with van der Waals surface area (Å²) in [6.07, 6.45) is 4.20. The van der Waals surface area contributed by atoms with Crippen molar-refractivity contribution in [2.75, 3.05) is 4.72 Å².